The molecule has 1 unspecified atom stereocenters. The molecule has 2 aromatic heterocycles. The molecular weight excluding hydrogens is 298 g/mol. The summed E-state index contributed by atoms with van der Waals surface area (Å²) in [6.45, 7) is 2.65. The molecule has 1 saturated heterocycles. The first kappa shape index (κ1) is 15.0. The summed E-state index contributed by atoms with van der Waals surface area (Å²) in [4.78, 5) is 19.3. The number of thioether (sulfide) groups is 1. The van der Waals surface area contributed by atoms with Crippen LogP contribution in [-0.4, -0.2) is 45.9 Å². The predicted molar refractivity (Wildman–Crippen MR) is 86.3 cm³/mol. The van der Waals surface area contributed by atoms with Crippen LogP contribution in [0.5, 0.6) is 5.88 Å². The number of rotatable bonds is 5. The number of piperidine rings is 1. The van der Waals surface area contributed by atoms with Crippen molar-refractivity contribution in [1.29, 1.82) is 0 Å². The van der Waals surface area contributed by atoms with Crippen molar-refractivity contribution in [1.82, 2.24) is 19.9 Å². The lowest BCUT2D eigenvalue weighted by atomic mass is 9.99. The second-order valence-electron chi connectivity index (χ2n) is 5.21. The maximum Gasteiger partial charge on any atom is 0.232 e. The molecule has 0 spiro atoms. The van der Waals surface area contributed by atoms with Crippen LogP contribution in [0.25, 0.3) is 0 Å². The van der Waals surface area contributed by atoms with Crippen molar-refractivity contribution >= 4 is 17.6 Å². The second-order valence-corrected chi connectivity index (χ2v) is 5.98. The highest BCUT2D eigenvalue weighted by atomic mass is 32.2. The lowest BCUT2D eigenvalue weighted by Gasteiger charge is -2.33. The van der Waals surface area contributed by atoms with Crippen LogP contribution in [0.1, 0.15) is 12.8 Å². The minimum atomic E-state index is 0.475. The minimum absolute atomic E-state index is 0.475. The van der Waals surface area contributed by atoms with Gasteiger partial charge in [-0.2, -0.15) is 0 Å². The van der Waals surface area contributed by atoms with Crippen LogP contribution in [0.4, 0.5) is 5.82 Å². The minimum Gasteiger partial charge on any atom is -0.476 e. The predicted octanol–water partition coefficient (Wildman–Crippen LogP) is 2.28. The highest BCUT2D eigenvalue weighted by Gasteiger charge is 2.22. The zero-order chi connectivity index (χ0) is 15.2. The van der Waals surface area contributed by atoms with Crippen LogP contribution in [0.2, 0.25) is 0 Å². The van der Waals surface area contributed by atoms with E-state index in [4.69, 9.17) is 4.74 Å². The van der Waals surface area contributed by atoms with E-state index in [0.29, 0.717) is 18.4 Å². The second kappa shape index (κ2) is 7.40. The van der Waals surface area contributed by atoms with Crippen LogP contribution in [0.3, 0.4) is 0 Å². The average molecular weight is 317 g/mol. The maximum atomic E-state index is 5.74. The molecule has 22 heavy (non-hydrogen) atoms. The topological polar surface area (TPSA) is 64.0 Å². The van der Waals surface area contributed by atoms with Gasteiger partial charge in [0, 0.05) is 37.6 Å². The quantitative estimate of drug-likeness (QED) is 0.619. The van der Waals surface area contributed by atoms with Gasteiger partial charge in [-0.05, 0) is 25.2 Å². The highest BCUT2D eigenvalue weighted by Crippen LogP contribution is 2.23. The Labute approximate surface area is 134 Å². The van der Waals surface area contributed by atoms with Gasteiger partial charge < -0.3 is 9.64 Å². The number of hydrogen-bond acceptors (Lipinski definition) is 7. The Kier molecular flexibility index (Phi) is 5.05. The van der Waals surface area contributed by atoms with E-state index in [1.807, 2.05) is 18.5 Å². The standard InChI is InChI=1S/C15H19N5OS/c1-22-15-18-5-4-13(19-15)20-8-2-3-12(10-20)11-21-14-9-16-6-7-17-14/h4-7,9,12H,2-3,8,10-11H2,1H3. The number of ether oxygens (including phenoxy) is 1. The zero-order valence-corrected chi connectivity index (χ0v) is 13.4. The van der Waals surface area contributed by atoms with E-state index in [0.717, 1.165) is 36.9 Å². The van der Waals surface area contributed by atoms with Gasteiger partial charge in [0.15, 0.2) is 5.16 Å². The maximum absolute atomic E-state index is 5.74. The van der Waals surface area contributed by atoms with E-state index in [9.17, 15) is 0 Å². The molecule has 0 radical (unpaired) electrons. The van der Waals surface area contributed by atoms with Gasteiger partial charge in [-0.25, -0.2) is 15.0 Å². The molecule has 116 valence electrons. The Morgan fingerprint density at radius 3 is 3.09 bits per heavy atom. The van der Waals surface area contributed by atoms with Crippen molar-refractivity contribution in [3.05, 3.63) is 30.9 Å². The molecule has 7 heteroatoms. The normalized spacial score (nSPS) is 18.2. The van der Waals surface area contributed by atoms with E-state index in [-0.39, 0.29) is 0 Å². The summed E-state index contributed by atoms with van der Waals surface area (Å²) < 4.78 is 5.74. The highest BCUT2D eigenvalue weighted by molar-refractivity contribution is 7.98. The van der Waals surface area contributed by atoms with Gasteiger partial charge in [0.2, 0.25) is 5.88 Å². The number of aromatic nitrogens is 4. The largest absolute Gasteiger partial charge is 0.476 e. The van der Waals surface area contributed by atoms with Crippen LogP contribution in [-0.2, 0) is 0 Å². The molecule has 3 rings (SSSR count). The van der Waals surface area contributed by atoms with E-state index < -0.39 is 0 Å². The Bertz CT molecular complexity index is 597. The summed E-state index contributed by atoms with van der Waals surface area (Å²) in [7, 11) is 0. The zero-order valence-electron chi connectivity index (χ0n) is 12.6. The fourth-order valence-electron chi connectivity index (χ4n) is 2.58. The SMILES string of the molecule is CSc1nccc(N2CCCC(COc3cnccn3)C2)n1. The van der Waals surface area contributed by atoms with Gasteiger partial charge in [0.25, 0.3) is 0 Å². The molecule has 1 aliphatic rings. The van der Waals surface area contributed by atoms with Gasteiger partial charge in [-0.1, -0.05) is 11.8 Å². The average Bonchev–Trinajstić information content (AvgIpc) is 2.61. The van der Waals surface area contributed by atoms with Gasteiger partial charge >= 0.3 is 0 Å². The van der Waals surface area contributed by atoms with Crippen LogP contribution in [0, 0.1) is 5.92 Å². The lowest BCUT2D eigenvalue weighted by molar-refractivity contribution is 0.220. The Balaban J connectivity index is 1.59. The van der Waals surface area contributed by atoms with Gasteiger partial charge in [-0.3, -0.25) is 4.98 Å². The van der Waals surface area contributed by atoms with Crippen molar-refractivity contribution < 1.29 is 4.74 Å². The van der Waals surface area contributed by atoms with Gasteiger partial charge in [-0.15, -0.1) is 0 Å². The third-order valence-electron chi connectivity index (χ3n) is 3.65. The molecule has 1 aliphatic heterocycles. The molecule has 0 amide bonds. The number of anilines is 1. The van der Waals surface area contributed by atoms with Crippen molar-refractivity contribution in [2.45, 2.75) is 18.0 Å². The lowest BCUT2D eigenvalue weighted by Crippen LogP contribution is -2.38. The molecule has 0 aromatic carbocycles. The van der Waals surface area contributed by atoms with E-state index in [2.05, 4.69) is 24.8 Å². The summed E-state index contributed by atoms with van der Waals surface area (Å²) in [5, 5.41) is 0.815. The number of nitrogens with zero attached hydrogens (tertiary/aromatic N) is 5. The molecule has 2 aromatic rings. The van der Waals surface area contributed by atoms with Crippen LogP contribution < -0.4 is 9.64 Å². The van der Waals surface area contributed by atoms with Crippen LogP contribution >= 0.6 is 11.8 Å². The third-order valence-corrected chi connectivity index (χ3v) is 4.21. The molecule has 1 atom stereocenters. The van der Waals surface area contributed by atoms with E-state index >= 15 is 0 Å². The van der Waals surface area contributed by atoms with E-state index in [1.54, 1.807) is 30.4 Å². The van der Waals surface area contributed by atoms with Crippen molar-refractivity contribution in [3.63, 3.8) is 0 Å². The van der Waals surface area contributed by atoms with Crippen LogP contribution in [0.15, 0.2) is 36.0 Å². The van der Waals surface area contributed by atoms with Crippen molar-refractivity contribution in [2.75, 3.05) is 30.9 Å². The summed E-state index contributed by atoms with van der Waals surface area (Å²) in [5.41, 5.74) is 0. The fourth-order valence-corrected chi connectivity index (χ4v) is 2.93. The number of hydrogen-bond donors (Lipinski definition) is 0. The summed E-state index contributed by atoms with van der Waals surface area (Å²) in [6.07, 6.45) is 11.1. The van der Waals surface area contributed by atoms with Crippen molar-refractivity contribution in [2.24, 2.45) is 5.92 Å². The molecule has 6 nitrogen and oxygen atoms in total. The molecular formula is C15H19N5OS. The molecule has 0 bridgehead atoms. The van der Waals surface area contributed by atoms with Crippen molar-refractivity contribution in [3.8, 4) is 5.88 Å². The Hall–Kier alpha value is -1.89. The first-order valence-corrected chi connectivity index (χ1v) is 8.58. The van der Waals surface area contributed by atoms with Gasteiger partial charge in [0.05, 0.1) is 12.8 Å². The van der Waals surface area contributed by atoms with E-state index in [1.165, 1.54) is 0 Å². The third kappa shape index (κ3) is 3.85. The fraction of sp³-hybridized carbons (Fsp3) is 0.467. The first-order valence-electron chi connectivity index (χ1n) is 7.36. The molecule has 1 fully saturated rings. The molecule has 0 aliphatic carbocycles. The summed E-state index contributed by atoms with van der Waals surface area (Å²) >= 11 is 1.57. The Morgan fingerprint density at radius 1 is 1.32 bits per heavy atom. The Morgan fingerprint density at radius 2 is 2.27 bits per heavy atom. The monoisotopic (exact) mass is 317 g/mol. The first-order chi connectivity index (χ1) is 10.8. The van der Waals surface area contributed by atoms with Gasteiger partial charge in [0.1, 0.15) is 5.82 Å². The molecule has 0 N–H and O–H groups in total. The molecule has 3 heterocycles. The summed E-state index contributed by atoms with van der Waals surface area (Å²) in [5.74, 6) is 2.07. The molecule has 0 saturated carbocycles. The summed E-state index contributed by atoms with van der Waals surface area (Å²) in [6, 6.07) is 1.98. The smallest absolute Gasteiger partial charge is 0.232 e.